The molecule has 0 aromatic heterocycles. The number of rotatable bonds is 7. The van der Waals surface area contributed by atoms with Gasteiger partial charge in [-0.2, -0.15) is 0 Å². The lowest BCUT2D eigenvalue weighted by Gasteiger charge is -2.38. The summed E-state index contributed by atoms with van der Waals surface area (Å²) in [5.74, 6) is -1.05. The SMILES string of the molecule is COC(=O)c1cc(OC2CCC(C(=O)N(C)c3ccc(CN4CCN(C(=O)O)[C@@H](C)C4)c(C)c3)CC2)ccc1F. The average molecular weight is 556 g/mol. The zero-order chi connectivity index (χ0) is 29.0. The summed E-state index contributed by atoms with van der Waals surface area (Å²) in [5, 5.41) is 9.31. The van der Waals surface area contributed by atoms with Gasteiger partial charge in [-0.15, -0.1) is 0 Å². The van der Waals surface area contributed by atoms with Crippen LogP contribution in [0.4, 0.5) is 14.9 Å². The van der Waals surface area contributed by atoms with E-state index in [0.29, 0.717) is 51.1 Å². The monoisotopic (exact) mass is 555 g/mol. The molecule has 0 radical (unpaired) electrons. The molecule has 0 unspecified atom stereocenters. The lowest BCUT2D eigenvalue weighted by molar-refractivity contribution is -0.123. The molecule has 1 N–H and O–H groups in total. The number of benzene rings is 2. The highest BCUT2D eigenvalue weighted by atomic mass is 19.1. The van der Waals surface area contributed by atoms with E-state index in [2.05, 4.69) is 15.7 Å². The van der Waals surface area contributed by atoms with Gasteiger partial charge in [0, 0.05) is 50.9 Å². The molecule has 1 atom stereocenters. The molecule has 2 aromatic carbocycles. The predicted octanol–water partition coefficient (Wildman–Crippen LogP) is 4.71. The van der Waals surface area contributed by atoms with Gasteiger partial charge in [0.2, 0.25) is 5.91 Å². The van der Waals surface area contributed by atoms with Crippen LogP contribution in [0.2, 0.25) is 0 Å². The number of methoxy groups -OCH3 is 1. The lowest BCUT2D eigenvalue weighted by atomic mass is 9.86. The number of halogens is 1. The van der Waals surface area contributed by atoms with Crippen molar-refractivity contribution in [1.82, 2.24) is 9.80 Å². The van der Waals surface area contributed by atoms with Crippen LogP contribution in [-0.2, 0) is 16.1 Å². The van der Waals surface area contributed by atoms with Crippen LogP contribution in [0, 0.1) is 18.7 Å². The number of amides is 2. The van der Waals surface area contributed by atoms with Crippen molar-refractivity contribution in [2.75, 3.05) is 38.7 Å². The molecular weight excluding hydrogens is 517 g/mol. The molecule has 1 saturated heterocycles. The number of piperazine rings is 1. The molecule has 10 heteroatoms. The topological polar surface area (TPSA) is 99.6 Å². The fraction of sp³-hybridized carbons (Fsp3) is 0.500. The molecule has 2 aliphatic rings. The third-order valence-electron chi connectivity index (χ3n) is 8.06. The van der Waals surface area contributed by atoms with Gasteiger partial charge in [-0.1, -0.05) is 6.07 Å². The minimum atomic E-state index is -0.872. The van der Waals surface area contributed by atoms with Crippen molar-refractivity contribution in [2.45, 2.75) is 58.2 Å². The zero-order valence-electron chi connectivity index (χ0n) is 23.6. The first kappa shape index (κ1) is 29.3. The summed E-state index contributed by atoms with van der Waals surface area (Å²) in [6, 6.07) is 10.1. The quantitative estimate of drug-likeness (QED) is 0.494. The third-order valence-corrected chi connectivity index (χ3v) is 8.06. The summed E-state index contributed by atoms with van der Waals surface area (Å²) in [7, 11) is 3.01. The van der Waals surface area contributed by atoms with Gasteiger partial charge in [-0.25, -0.2) is 14.0 Å². The molecule has 40 heavy (non-hydrogen) atoms. The van der Waals surface area contributed by atoms with Gasteiger partial charge in [0.15, 0.2) is 0 Å². The van der Waals surface area contributed by atoms with E-state index in [4.69, 9.17) is 4.74 Å². The third kappa shape index (κ3) is 6.72. The molecule has 216 valence electrons. The van der Waals surface area contributed by atoms with Crippen LogP contribution >= 0.6 is 0 Å². The molecule has 9 nitrogen and oxygen atoms in total. The minimum Gasteiger partial charge on any atom is -0.490 e. The van der Waals surface area contributed by atoms with Crippen molar-refractivity contribution in [3.05, 3.63) is 58.9 Å². The van der Waals surface area contributed by atoms with Crippen LogP contribution in [-0.4, -0.2) is 78.8 Å². The van der Waals surface area contributed by atoms with Crippen LogP contribution in [0.25, 0.3) is 0 Å². The first-order valence-electron chi connectivity index (χ1n) is 13.7. The second-order valence-electron chi connectivity index (χ2n) is 10.8. The van der Waals surface area contributed by atoms with Crippen molar-refractivity contribution >= 4 is 23.7 Å². The maximum absolute atomic E-state index is 13.9. The number of esters is 1. The largest absolute Gasteiger partial charge is 0.490 e. The van der Waals surface area contributed by atoms with Gasteiger partial charge in [0.05, 0.1) is 18.8 Å². The van der Waals surface area contributed by atoms with Crippen molar-refractivity contribution in [3.8, 4) is 5.75 Å². The molecule has 2 amide bonds. The Morgan fingerprint density at radius 2 is 1.80 bits per heavy atom. The number of carbonyl (C=O) groups is 3. The molecule has 0 bridgehead atoms. The van der Waals surface area contributed by atoms with Gasteiger partial charge >= 0.3 is 12.1 Å². The molecule has 2 aromatic rings. The van der Waals surface area contributed by atoms with E-state index in [-0.39, 0.29) is 29.5 Å². The van der Waals surface area contributed by atoms with Gasteiger partial charge in [0.25, 0.3) is 0 Å². The Bertz CT molecular complexity index is 1250. The molecular formula is C30H38FN3O6. The second-order valence-corrected chi connectivity index (χ2v) is 10.8. The summed E-state index contributed by atoms with van der Waals surface area (Å²) < 4.78 is 24.5. The van der Waals surface area contributed by atoms with Crippen molar-refractivity contribution in [2.24, 2.45) is 5.92 Å². The van der Waals surface area contributed by atoms with Crippen LogP contribution in [0.5, 0.6) is 5.75 Å². The Hall–Kier alpha value is -3.66. The Morgan fingerprint density at radius 3 is 2.42 bits per heavy atom. The number of carbonyl (C=O) groups excluding carboxylic acids is 2. The van der Waals surface area contributed by atoms with E-state index in [9.17, 15) is 23.9 Å². The average Bonchev–Trinajstić information content (AvgIpc) is 2.94. The van der Waals surface area contributed by atoms with Crippen molar-refractivity contribution < 1.29 is 33.4 Å². The van der Waals surface area contributed by atoms with Crippen molar-refractivity contribution in [3.63, 3.8) is 0 Å². The van der Waals surface area contributed by atoms with E-state index in [1.807, 2.05) is 26.0 Å². The van der Waals surface area contributed by atoms with E-state index >= 15 is 0 Å². The molecule has 1 aliphatic carbocycles. The van der Waals surface area contributed by atoms with Crippen LogP contribution in [0.15, 0.2) is 36.4 Å². The Labute approximate surface area is 234 Å². The van der Waals surface area contributed by atoms with Gasteiger partial charge in [0.1, 0.15) is 11.6 Å². The fourth-order valence-corrected chi connectivity index (χ4v) is 5.63. The highest BCUT2D eigenvalue weighted by Gasteiger charge is 2.31. The Kier molecular flexibility index (Phi) is 9.29. The van der Waals surface area contributed by atoms with E-state index < -0.39 is 17.9 Å². The number of anilines is 1. The Morgan fingerprint density at radius 1 is 1.07 bits per heavy atom. The van der Waals surface area contributed by atoms with Crippen LogP contribution in [0.1, 0.15) is 54.1 Å². The molecule has 4 rings (SSSR count). The maximum Gasteiger partial charge on any atom is 0.407 e. The molecule has 2 fully saturated rings. The summed E-state index contributed by atoms with van der Waals surface area (Å²) in [6.07, 6.45) is 1.73. The van der Waals surface area contributed by atoms with E-state index in [1.165, 1.54) is 30.2 Å². The molecule has 0 spiro atoms. The first-order chi connectivity index (χ1) is 19.1. The molecule has 1 aliphatic heterocycles. The maximum atomic E-state index is 13.9. The smallest absolute Gasteiger partial charge is 0.407 e. The summed E-state index contributed by atoms with van der Waals surface area (Å²) in [5.41, 5.74) is 2.93. The van der Waals surface area contributed by atoms with E-state index in [1.54, 1.807) is 11.9 Å². The Balaban J connectivity index is 1.30. The lowest BCUT2D eigenvalue weighted by Crippen LogP contribution is -2.53. The van der Waals surface area contributed by atoms with Gasteiger partial charge < -0.3 is 24.4 Å². The zero-order valence-corrected chi connectivity index (χ0v) is 23.6. The summed E-state index contributed by atoms with van der Waals surface area (Å²) >= 11 is 0. The highest BCUT2D eigenvalue weighted by Crippen LogP contribution is 2.31. The number of carboxylic acid groups (broad SMARTS) is 1. The van der Waals surface area contributed by atoms with Crippen LogP contribution < -0.4 is 9.64 Å². The van der Waals surface area contributed by atoms with Gasteiger partial charge in [-0.3, -0.25) is 9.69 Å². The summed E-state index contributed by atoms with van der Waals surface area (Å²) in [6.45, 7) is 6.58. The normalized spacial score (nSPS) is 21.5. The minimum absolute atomic E-state index is 0.0527. The number of hydrogen-bond acceptors (Lipinski definition) is 6. The van der Waals surface area contributed by atoms with E-state index in [0.717, 1.165) is 23.4 Å². The summed E-state index contributed by atoms with van der Waals surface area (Å²) in [4.78, 5) is 41.9. The highest BCUT2D eigenvalue weighted by molar-refractivity contribution is 5.94. The molecule has 1 heterocycles. The molecule has 1 saturated carbocycles. The van der Waals surface area contributed by atoms with Crippen LogP contribution in [0.3, 0.4) is 0 Å². The first-order valence-corrected chi connectivity index (χ1v) is 13.7. The number of hydrogen-bond donors (Lipinski definition) is 1. The number of aryl methyl sites for hydroxylation is 1. The second kappa shape index (κ2) is 12.7. The predicted molar refractivity (Wildman–Crippen MR) is 148 cm³/mol. The van der Waals surface area contributed by atoms with Gasteiger partial charge in [-0.05, 0) is 81.0 Å². The number of ether oxygens (including phenoxy) is 2. The number of nitrogens with zero attached hydrogens (tertiary/aromatic N) is 3. The fourth-order valence-electron chi connectivity index (χ4n) is 5.63. The van der Waals surface area contributed by atoms with Crippen molar-refractivity contribution in [1.29, 1.82) is 0 Å². The standard InChI is InChI=1S/C30H38FN3O6/c1-19-15-23(8-5-22(19)18-33-13-14-34(30(37)38)20(2)17-33)32(3)28(35)21-6-9-24(10-7-21)40-25-11-12-27(31)26(16-25)29(36)39-4/h5,8,11-12,15-16,20-21,24H,6-7,9-10,13-14,17-18H2,1-4H3,(H,37,38)/t20-,21?,24?/m0/s1.